The summed E-state index contributed by atoms with van der Waals surface area (Å²) in [5.41, 5.74) is 9.11. The first-order valence-electron chi connectivity index (χ1n) is 16.0. The zero-order valence-corrected chi connectivity index (χ0v) is 31.1. The number of hydrogen-bond acceptors (Lipinski definition) is 10. The van der Waals surface area contributed by atoms with E-state index in [1.807, 2.05) is 35.8 Å². The molecule has 20 heteroatoms. The van der Waals surface area contributed by atoms with Gasteiger partial charge in [-0.15, -0.1) is 21.5 Å². The van der Waals surface area contributed by atoms with Crippen LogP contribution in [0.2, 0.25) is 5.02 Å². The molecule has 0 spiro atoms. The van der Waals surface area contributed by atoms with Gasteiger partial charge < -0.3 is 36.2 Å². The van der Waals surface area contributed by atoms with Gasteiger partial charge in [-0.3, -0.25) is 34.0 Å². The van der Waals surface area contributed by atoms with Gasteiger partial charge in [0.25, 0.3) is 0 Å². The number of carbonyl (C=O) groups excluding carboxylic acids is 3. The molecule has 51 heavy (non-hydrogen) atoms. The minimum absolute atomic E-state index is 0.0286. The Morgan fingerprint density at radius 3 is 2.47 bits per heavy atom. The molecule has 1 aliphatic heterocycles. The van der Waals surface area contributed by atoms with E-state index >= 15 is 0 Å². The highest BCUT2D eigenvalue weighted by Gasteiger charge is 2.32. The van der Waals surface area contributed by atoms with Gasteiger partial charge in [0.15, 0.2) is 11.8 Å². The predicted octanol–water partition coefficient (Wildman–Crippen LogP) is 1.72. The van der Waals surface area contributed by atoms with Crippen LogP contribution in [0.25, 0.3) is 5.00 Å². The molecule has 276 valence electrons. The molecule has 1 aliphatic rings. The number of hydrogen-bond donors (Lipinski definition) is 7. The summed E-state index contributed by atoms with van der Waals surface area (Å²) in [5, 5.41) is 20.2. The number of amides is 3. The molecule has 0 radical (unpaired) electrons. The second-order valence-corrected chi connectivity index (χ2v) is 14.6. The van der Waals surface area contributed by atoms with Crippen LogP contribution in [0.1, 0.15) is 65.4 Å². The number of aromatic nitrogens is 3. The van der Waals surface area contributed by atoms with E-state index in [9.17, 15) is 18.9 Å². The molecule has 8 N–H and O–H groups in total. The molecule has 2 atom stereocenters. The second-order valence-electron chi connectivity index (χ2n) is 11.7. The zero-order chi connectivity index (χ0) is 37.3. The van der Waals surface area contributed by atoms with Crippen LogP contribution in [0.4, 0.5) is 0 Å². The molecule has 0 fully saturated rings. The number of nitrogens with one attached hydrogen (secondary N) is 4. The summed E-state index contributed by atoms with van der Waals surface area (Å²) in [6, 6.07) is 6.00. The van der Waals surface area contributed by atoms with Crippen molar-refractivity contribution in [1.29, 1.82) is 0 Å². The number of nitrogens with zero attached hydrogens (tertiary/aromatic N) is 5. The van der Waals surface area contributed by atoms with E-state index in [2.05, 4.69) is 45.0 Å². The summed E-state index contributed by atoms with van der Waals surface area (Å²) < 4.78 is 18.5. The van der Waals surface area contributed by atoms with Gasteiger partial charge in [-0.05, 0) is 51.3 Å². The van der Waals surface area contributed by atoms with Crippen LogP contribution in [0.3, 0.4) is 0 Å². The van der Waals surface area contributed by atoms with Crippen LogP contribution >= 0.6 is 30.7 Å². The highest BCUT2D eigenvalue weighted by atomic mass is 35.5. The molecule has 0 saturated heterocycles. The second kappa shape index (κ2) is 17.8. The topological polar surface area (TPSA) is 248 Å². The number of aliphatic imine (C=N–C) groups is 2. The largest absolute Gasteiger partial charge is 0.429 e. The third-order valence-electron chi connectivity index (χ3n) is 7.74. The first-order chi connectivity index (χ1) is 24.1. The Hall–Kier alpha value is -4.19. The van der Waals surface area contributed by atoms with Crippen molar-refractivity contribution < 1.29 is 33.5 Å². The van der Waals surface area contributed by atoms with Crippen molar-refractivity contribution in [3.8, 4) is 5.00 Å². The van der Waals surface area contributed by atoms with E-state index in [0.29, 0.717) is 23.1 Å². The zero-order valence-electron chi connectivity index (χ0n) is 28.6. The highest BCUT2D eigenvalue weighted by Crippen LogP contribution is 2.39. The molecule has 0 saturated carbocycles. The third-order valence-corrected chi connectivity index (χ3v) is 9.70. The van der Waals surface area contributed by atoms with Crippen molar-refractivity contribution in [2.24, 2.45) is 15.7 Å². The number of benzene rings is 1. The predicted molar refractivity (Wildman–Crippen MR) is 193 cm³/mol. The number of nitrogens with two attached hydrogens (primary N) is 1. The van der Waals surface area contributed by atoms with Crippen LogP contribution in [0, 0.1) is 20.8 Å². The Morgan fingerprint density at radius 2 is 1.80 bits per heavy atom. The first-order valence-corrected chi connectivity index (χ1v) is 18.8. The van der Waals surface area contributed by atoms with Gasteiger partial charge in [0.1, 0.15) is 22.9 Å². The van der Waals surface area contributed by atoms with Crippen LogP contribution in [0.15, 0.2) is 34.3 Å². The Kier molecular flexibility index (Phi) is 13.8. The minimum Gasteiger partial charge on any atom is -0.378 e. The van der Waals surface area contributed by atoms with Gasteiger partial charge in [0.2, 0.25) is 17.7 Å². The molecule has 4 rings (SSSR count). The van der Waals surface area contributed by atoms with Gasteiger partial charge in [0.05, 0.1) is 25.3 Å². The molecule has 3 aromatic rings. The summed E-state index contributed by atoms with van der Waals surface area (Å²) in [7, 11) is -4.57. The summed E-state index contributed by atoms with van der Waals surface area (Å²) >= 11 is 7.82. The number of aryl methyl sites for hydroxylation is 2. The van der Waals surface area contributed by atoms with E-state index < -0.39 is 37.6 Å². The highest BCUT2D eigenvalue weighted by molar-refractivity contribution is 7.50. The molecule has 0 bridgehead atoms. The van der Waals surface area contributed by atoms with Crippen LogP contribution in [0.5, 0.6) is 0 Å². The molecule has 1 aromatic carbocycles. The monoisotopic (exact) mass is 764 g/mol. The van der Waals surface area contributed by atoms with E-state index in [1.54, 1.807) is 16.4 Å². The van der Waals surface area contributed by atoms with Crippen LogP contribution in [-0.2, 0) is 23.7 Å². The van der Waals surface area contributed by atoms with Gasteiger partial charge in [-0.25, -0.2) is 4.57 Å². The number of fused-ring (bicyclic) bond motifs is 3. The molecule has 3 amide bonds. The first kappa shape index (κ1) is 39.6. The fourth-order valence-corrected chi connectivity index (χ4v) is 7.02. The van der Waals surface area contributed by atoms with Crippen LogP contribution in [-0.4, -0.2) is 92.8 Å². The van der Waals surface area contributed by atoms with Gasteiger partial charge >= 0.3 is 7.75 Å². The number of thiophene rings is 1. The number of ether oxygens (including phenoxy) is 1. The average Bonchev–Trinajstić information content (AvgIpc) is 3.53. The Labute approximate surface area is 303 Å². The maximum Gasteiger partial charge on any atom is 0.429 e. The molecule has 2 aromatic heterocycles. The fraction of sp³-hybridized carbons (Fsp3) is 0.452. The Bertz CT molecular complexity index is 1840. The lowest BCUT2D eigenvalue weighted by Crippen LogP contribution is -2.47. The minimum atomic E-state index is -4.57. The SMILES string of the molecule is CC(=O)N[C@@H](CCCN=C(N)NP(=O)(O)O)C(=O)NCCOCCNC(=O)C[C@@H]1N=C(c2ccc(Cl)cc2)c2c(sc(C)c2C)-n2c(C)nnc21. The number of guanidine groups is 1. The van der Waals surface area contributed by atoms with E-state index in [0.717, 1.165) is 32.3 Å². The van der Waals surface area contributed by atoms with Crippen molar-refractivity contribution in [2.45, 2.75) is 59.0 Å². The molecule has 17 nitrogen and oxygen atoms in total. The number of halogens is 1. The maximum atomic E-state index is 13.2. The lowest BCUT2D eigenvalue weighted by Gasteiger charge is -2.17. The summed E-state index contributed by atoms with van der Waals surface area (Å²) in [6.07, 6.45) is 0.542. The van der Waals surface area contributed by atoms with E-state index in [-0.39, 0.29) is 51.6 Å². The molecular weight excluding hydrogens is 723 g/mol. The standard InChI is InChI=1S/C31H42ClN10O7PS/c1-17-18(2)51-30-26(17)27(21-7-9-22(32)10-8-21)38-24(28-40-39-19(3)42(28)30)16-25(44)34-12-14-49-15-13-35-29(45)23(37-20(4)43)6-5-11-36-31(33)41-50(46,47)48/h7-10,23-24H,5-6,11-16H2,1-4H3,(H,34,44)(H,35,45)(H,37,43)(H5,33,36,41,46,47,48)/t23-,24-/m0/s1. The molecule has 0 aliphatic carbocycles. The summed E-state index contributed by atoms with van der Waals surface area (Å²) in [5.74, 6) is -0.240. The van der Waals surface area contributed by atoms with E-state index in [4.69, 9.17) is 36.9 Å². The van der Waals surface area contributed by atoms with Crippen molar-refractivity contribution in [3.63, 3.8) is 0 Å². The van der Waals surface area contributed by atoms with E-state index in [1.165, 1.54) is 6.92 Å². The number of rotatable bonds is 16. The molecule has 0 unspecified atom stereocenters. The average molecular weight is 765 g/mol. The normalized spacial score (nSPS) is 14.8. The quantitative estimate of drug-likeness (QED) is 0.0479. The van der Waals surface area contributed by atoms with Gasteiger partial charge in [-0.2, -0.15) is 0 Å². The Balaban J connectivity index is 1.27. The van der Waals surface area contributed by atoms with Crippen LogP contribution < -0.4 is 26.8 Å². The summed E-state index contributed by atoms with van der Waals surface area (Å²) in [4.78, 5) is 65.2. The van der Waals surface area contributed by atoms with Crippen molar-refractivity contribution in [2.75, 3.05) is 32.8 Å². The molecule has 3 heterocycles. The van der Waals surface area contributed by atoms with Gasteiger partial charge in [0, 0.05) is 47.6 Å². The fourth-order valence-electron chi connectivity index (χ4n) is 5.31. The van der Waals surface area contributed by atoms with Crippen molar-refractivity contribution >= 4 is 60.1 Å². The van der Waals surface area contributed by atoms with Gasteiger partial charge in [-0.1, -0.05) is 23.7 Å². The van der Waals surface area contributed by atoms with Crippen molar-refractivity contribution in [3.05, 3.63) is 62.5 Å². The number of carbonyl (C=O) groups is 3. The third kappa shape index (κ3) is 11.1. The lowest BCUT2D eigenvalue weighted by molar-refractivity contribution is -0.128. The van der Waals surface area contributed by atoms with Crippen molar-refractivity contribution in [1.82, 2.24) is 35.8 Å². The lowest BCUT2D eigenvalue weighted by atomic mass is 9.99. The maximum absolute atomic E-state index is 13.2. The molecular formula is C31H42ClN10O7PS. The summed E-state index contributed by atoms with van der Waals surface area (Å²) in [6.45, 7) is 8.08. The smallest absolute Gasteiger partial charge is 0.378 e. The Morgan fingerprint density at radius 1 is 1.12 bits per heavy atom.